The molecule has 1 saturated carbocycles. The lowest BCUT2D eigenvalue weighted by molar-refractivity contribution is 0.230. The van der Waals surface area contributed by atoms with Crippen LogP contribution in [-0.2, 0) is 0 Å². The van der Waals surface area contributed by atoms with Crippen molar-refractivity contribution in [1.29, 1.82) is 0 Å². The van der Waals surface area contributed by atoms with Gasteiger partial charge in [0.2, 0.25) is 35.7 Å². The number of ether oxygens (including phenoxy) is 3. The van der Waals surface area contributed by atoms with Crippen molar-refractivity contribution in [2.45, 2.75) is 298 Å². The molecular weight excluding hydrogens is 1220 g/mol. The van der Waals surface area contributed by atoms with Crippen molar-refractivity contribution in [3.05, 3.63) is 0 Å². The van der Waals surface area contributed by atoms with Crippen LogP contribution in [0.1, 0.15) is 298 Å². The molecule has 568 valence electrons. The summed E-state index contributed by atoms with van der Waals surface area (Å²) in [6.07, 6.45) is 32.7. The molecule has 0 radical (unpaired) electrons. The Morgan fingerprint density at radius 1 is 0.316 bits per heavy atom. The average molecular weight is 1380 g/mol. The van der Waals surface area contributed by atoms with E-state index in [4.69, 9.17) is 44.1 Å². The van der Waals surface area contributed by atoms with Crippen LogP contribution in [0.15, 0.2) is 0 Å². The topological polar surface area (TPSA) is 166 Å². The minimum atomic E-state index is 0.274. The van der Waals surface area contributed by atoms with Crippen LogP contribution in [0, 0.1) is 41.4 Å². The van der Waals surface area contributed by atoms with Crippen LogP contribution < -0.4 is 43.6 Å². The Hall–Kier alpha value is -4.81. The van der Waals surface area contributed by atoms with Crippen LogP contribution in [0.3, 0.4) is 0 Å². The minimum absolute atomic E-state index is 0.274. The fraction of sp³-hybridized carbons (Fsp3) is 0.886. The fourth-order valence-electron chi connectivity index (χ4n) is 12.7. The highest BCUT2D eigenvalue weighted by atomic mass is 16.5. The van der Waals surface area contributed by atoms with Crippen molar-refractivity contribution >= 4 is 35.7 Å². The molecule has 0 unspecified atom stereocenters. The van der Waals surface area contributed by atoms with Crippen LogP contribution in [0.2, 0.25) is 0 Å². The van der Waals surface area contributed by atoms with E-state index >= 15 is 0 Å². The zero-order valence-corrected chi connectivity index (χ0v) is 67.6. The van der Waals surface area contributed by atoms with Crippen LogP contribution in [-0.4, -0.2) is 169 Å². The Kier molecular flexibility index (Phi) is 50.0. The molecule has 3 aromatic heterocycles. The number of hydrogen-bond donors (Lipinski definition) is 0. The molecule has 1 aliphatic carbocycles. The second-order valence-electron chi connectivity index (χ2n) is 29.5. The van der Waals surface area contributed by atoms with Crippen molar-refractivity contribution in [3.8, 4) is 18.0 Å². The molecule has 98 heavy (non-hydrogen) atoms. The number of unbranched alkanes of at least 4 members (excludes halogenated alkanes) is 6. The molecule has 0 aromatic carbocycles. The molecule has 6 heterocycles. The predicted molar refractivity (Wildman–Crippen MR) is 420 cm³/mol. The minimum Gasteiger partial charge on any atom is -0.463 e. The van der Waals surface area contributed by atoms with Gasteiger partial charge in [-0.2, -0.15) is 29.9 Å². The van der Waals surface area contributed by atoms with E-state index in [0.29, 0.717) is 19.8 Å². The molecule has 3 saturated heterocycles. The van der Waals surface area contributed by atoms with E-state index in [-0.39, 0.29) is 18.0 Å². The van der Waals surface area contributed by atoms with Gasteiger partial charge in [0, 0.05) is 80.0 Å². The summed E-state index contributed by atoms with van der Waals surface area (Å²) >= 11 is 0. The van der Waals surface area contributed by atoms with E-state index in [2.05, 4.69) is 195 Å². The molecular formula is C79H154N16O3. The maximum absolute atomic E-state index is 5.52. The molecule has 4 aliphatic rings. The Morgan fingerprint density at radius 3 is 0.765 bits per heavy atom. The summed E-state index contributed by atoms with van der Waals surface area (Å²) in [5.74, 6) is 11.4. The molecule has 0 amide bonds. The molecule has 0 spiro atoms. The van der Waals surface area contributed by atoms with Crippen LogP contribution in [0.25, 0.3) is 0 Å². The highest BCUT2D eigenvalue weighted by molar-refractivity contribution is 5.48. The van der Waals surface area contributed by atoms with Gasteiger partial charge in [-0.05, 0) is 177 Å². The van der Waals surface area contributed by atoms with Gasteiger partial charge in [-0.1, -0.05) is 182 Å². The van der Waals surface area contributed by atoms with Gasteiger partial charge in [0.1, 0.15) is 0 Å². The molecule has 4 fully saturated rings. The standard InChI is InChI=1S/C21H36N6.C18H36N6.C15H27N3O3.C9H21N.C9H18.C7H16/c1-16-4-10-25(11-5-16)19-22-20(26-12-6-17(2)7-13-26)24-21(23-19)27-14-8-18(3)9-15-27;1-7-10-13-22(4)16-19-17(23(5)14-11-8-2)21-18(20-16)24(6)15-12-9-3;1-4-7-10-19-13-16-14(20-11-8-5-2)18-15(17-13)21-12-9-6-3;1-4-7-10(8-5-2)9-6-3;1-7-4-8(2)6-9(3)5-7;1-4-7(5-2)6-3/h16-18H,4-15H2,1-3H3;7-15H2,1-6H3;4-12H2,1-3H3;4-9H2,1-3H3;7-9H,4-6H2,1-3H3;7H,4-6H2,1-3H3. The third kappa shape index (κ3) is 38.3. The van der Waals surface area contributed by atoms with E-state index in [9.17, 15) is 0 Å². The highest BCUT2D eigenvalue weighted by Crippen LogP contribution is 2.33. The van der Waals surface area contributed by atoms with Gasteiger partial charge in [0.25, 0.3) is 0 Å². The Balaban J connectivity index is 0.000000425. The summed E-state index contributed by atoms with van der Waals surface area (Å²) < 4.78 is 16.6. The lowest BCUT2D eigenvalue weighted by Crippen LogP contribution is -2.39. The summed E-state index contributed by atoms with van der Waals surface area (Å²) in [5.41, 5.74) is 0. The molecule has 19 nitrogen and oxygen atoms in total. The van der Waals surface area contributed by atoms with Gasteiger partial charge < -0.3 is 48.5 Å². The maximum atomic E-state index is 5.52. The van der Waals surface area contributed by atoms with E-state index in [1.807, 2.05) is 0 Å². The second-order valence-corrected chi connectivity index (χ2v) is 29.5. The summed E-state index contributed by atoms with van der Waals surface area (Å²) in [7, 11) is 6.20. The first kappa shape index (κ1) is 89.3. The van der Waals surface area contributed by atoms with Gasteiger partial charge in [0.15, 0.2) is 0 Å². The number of hydrogen-bond acceptors (Lipinski definition) is 19. The Labute approximate surface area is 603 Å². The lowest BCUT2D eigenvalue weighted by atomic mass is 9.78. The van der Waals surface area contributed by atoms with Crippen LogP contribution >= 0.6 is 0 Å². The molecule has 3 aromatic rings. The highest BCUT2D eigenvalue weighted by Gasteiger charge is 2.27. The summed E-state index contributed by atoms with van der Waals surface area (Å²) in [6, 6.07) is 0.823. The first-order valence-electron chi connectivity index (χ1n) is 40.6. The fourth-order valence-corrected chi connectivity index (χ4v) is 12.7. The quantitative estimate of drug-likeness (QED) is 0.0504. The van der Waals surface area contributed by atoms with Crippen molar-refractivity contribution in [3.63, 3.8) is 0 Å². The van der Waals surface area contributed by atoms with E-state index in [1.54, 1.807) is 0 Å². The van der Waals surface area contributed by atoms with Gasteiger partial charge >= 0.3 is 18.0 Å². The SMILES string of the molecule is CC1CC(C)CC(C)C1.CC1CCN(c2nc(N3CCC(C)CC3)nc(N3CCC(C)CC3)n2)CC1.CCC(CC)CC.CCCCN(C)c1nc(N(C)CCCC)nc(N(C)CCCC)n1.CCCCOc1nc(OCCCC)nc(OCCCC)n1.CCCN(CCC)CCC. The Morgan fingerprint density at radius 2 is 0.561 bits per heavy atom. The van der Waals surface area contributed by atoms with Crippen molar-refractivity contribution in [1.82, 2.24) is 49.8 Å². The summed E-state index contributed by atoms with van der Waals surface area (Å²) in [6.45, 7) is 55.6. The van der Waals surface area contributed by atoms with Crippen molar-refractivity contribution in [2.75, 3.05) is 149 Å². The second kappa shape index (κ2) is 54.9. The number of rotatable bonds is 36. The normalized spacial score (nSPS) is 17.4. The maximum Gasteiger partial charge on any atom is 0.325 e. The number of nitrogens with zero attached hydrogens (tertiary/aromatic N) is 16. The third-order valence-electron chi connectivity index (χ3n) is 19.5. The average Bonchev–Trinajstić information content (AvgIpc) is 0.816. The lowest BCUT2D eigenvalue weighted by Gasteiger charge is -2.35. The molecule has 3 aliphatic heterocycles. The number of anilines is 6. The first-order chi connectivity index (χ1) is 47.3. The molecule has 19 heteroatoms. The largest absolute Gasteiger partial charge is 0.463 e. The van der Waals surface area contributed by atoms with Crippen molar-refractivity contribution < 1.29 is 14.2 Å². The van der Waals surface area contributed by atoms with Gasteiger partial charge in [0.05, 0.1) is 19.8 Å². The van der Waals surface area contributed by atoms with Crippen molar-refractivity contribution in [2.24, 2.45) is 41.4 Å². The zero-order valence-electron chi connectivity index (χ0n) is 67.6. The Bertz CT molecular complexity index is 2070. The summed E-state index contributed by atoms with van der Waals surface area (Å²) in [5, 5.41) is 0. The number of piperidine rings is 3. The van der Waals surface area contributed by atoms with Gasteiger partial charge in [-0.15, -0.1) is 15.0 Å². The summed E-state index contributed by atoms with van der Waals surface area (Å²) in [4.78, 5) is 57.5. The van der Waals surface area contributed by atoms with Crippen LogP contribution in [0.4, 0.5) is 35.7 Å². The van der Waals surface area contributed by atoms with E-state index in [1.165, 1.54) is 135 Å². The third-order valence-corrected chi connectivity index (χ3v) is 19.5. The van der Waals surface area contributed by atoms with Crippen LogP contribution in [0.5, 0.6) is 18.0 Å². The molecule has 0 atom stereocenters. The molecule has 0 N–H and O–H groups in total. The van der Waals surface area contributed by atoms with E-state index < -0.39 is 0 Å². The van der Waals surface area contributed by atoms with E-state index in [0.717, 1.165) is 194 Å². The molecule has 7 rings (SSSR count). The first-order valence-corrected chi connectivity index (χ1v) is 40.6. The monoisotopic (exact) mass is 1380 g/mol. The smallest absolute Gasteiger partial charge is 0.325 e. The van der Waals surface area contributed by atoms with Gasteiger partial charge in [-0.3, -0.25) is 0 Å². The number of aromatic nitrogens is 9. The predicted octanol–water partition coefficient (Wildman–Crippen LogP) is 19.0. The zero-order chi connectivity index (χ0) is 72.5. The molecule has 0 bridgehead atoms. The van der Waals surface area contributed by atoms with Gasteiger partial charge in [-0.25, -0.2) is 0 Å².